The molecule has 0 saturated heterocycles. The molecule has 0 aliphatic carbocycles. The highest BCUT2D eigenvalue weighted by Crippen LogP contribution is 2.38. The first-order valence-electron chi connectivity index (χ1n) is 14.6. The van der Waals surface area contributed by atoms with Gasteiger partial charge in [0.2, 0.25) is 0 Å². The van der Waals surface area contributed by atoms with Crippen LogP contribution in [0.25, 0.3) is 22.4 Å². The smallest absolute Gasteiger partial charge is 0.270 e. The van der Waals surface area contributed by atoms with Crippen LogP contribution in [0.2, 0.25) is 18.1 Å². The molecule has 0 spiro atoms. The molecule has 1 amide bonds. The van der Waals surface area contributed by atoms with Crippen molar-refractivity contribution in [3.63, 3.8) is 0 Å². The summed E-state index contributed by atoms with van der Waals surface area (Å²) >= 11 is 0. The number of pyridine rings is 1. The second-order valence-corrected chi connectivity index (χ2v) is 18.0. The highest BCUT2D eigenvalue weighted by molar-refractivity contribution is 6.74. The van der Waals surface area contributed by atoms with Crippen LogP contribution in [0.5, 0.6) is 5.75 Å². The van der Waals surface area contributed by atoms with Crippen LogP contribution in [0.4, 0.5) is 0 Å². The van der Waals surface area contributed by atoms with Crippen molar-refractivity contribution >= 4 is 14.2 Å². The summed E-state index contributed by atoms with van der Waals surface area (Å²) in [5.74, 6) is 0.657. The Balaban J connectivity index is 1.28. The number of rotatable bonds is 9. The molecule has 0 atom stereocenters. The Labute approximate surface area is 250 Å². The van der Waals surface area contributed by atoms with E-state index in [4.69, 9.17) is 14.3 Å². The van der Waals surface area contributed by atoms with Crippen LogP contribution in [0.15, 0.2) is 73.1 Å². The van der Waals surface area contributed by atoms with Crippen molar-refractivity contribution in [1.29, 1.82) is 0 Å². The molecule has 42 heavy (non-hydrogen) atoms. The average Bonchev–Trinajstić information content (AvgIpc) is 3.37. The predicted octanol–water partition coefficient (Wildman–Crippen LogP) is 7.23. The lowest BCUT2D eigenvalue weighted by Crippen LogP contribution is -2.43. The van der Waals surface area contributed by atoms with Crippen molar-refractivity contribution in [2.24, 2.45) is 0 Å². The highest BCUT2D eigenvalue weighted by atomic mass is 28.4. The molecular weight excluding hydrogens is 540 g/mol. The van der Waals surface area contributed by atoms with E-state index >= 15 is 0 Å². The number of fused-ring (bicyclic) bond motifs is 1. The van der Waals surface area contributed by atoms with E-state index in [0.717, 1.165) is 33.7 Å². The Morgan fingerprint density at radius 2 is 1.57 bits per heavy atom. The molecule has 8 heteroatoms. The molecule has 0 saturated carbocycles. The van der Waals surface area contributed by atoms with E-state index in [1.807, 2.05) is 36.4 Å². The summed E-state index contributed by atoms with van der Waals surface area (Å²) in [7, 11) is -1.81. The van der Waals surface area contributed by atoms with Gasteiger partial charge in [0.25, 0.3) is 5.91 Å². The first-order valence-corrected chi connectivity index (χ1v) is 17.5. The summed E-state index contributed by atoms with van der Waals surface area (Å²) in [6.45, 7) is 18.3. The van der Waals surface area contributed by atoms with Gasteiger partial charge in [-0.1, -0.05) is 71.0 Å². The van der Waals surface area contributed by atoms with E-state index in [9.17, 15) is 4.79 Å². The van der Waals surface area contributed by atoms with Crippen LogP contribution >= 0.6 is 0 Å². The van der Waals surface area contributed by atoms with Crippen LogP contribution in [0.3, 0.4) is 0 Å². The maximum Gasteiger partial charge on any atom is 0.270 e. The number of amides is 1. The largest absolute Gasteiger partial charge is 0.489 e. The van der Waals surface area contributed by atoms with Crippen molar-refractivity contribution in [3.05, 3.63) is 89.9 Å². The molecule has 2 aromatic carbocycles. The van der Waals surface area contributed by atoms with Gasteiger partial charge in [0, 0.05) is 42.1 Å². The van der Waals surface area contributed by atoms with Crippen molar-refractivity contribution in [2.45, 2.75) is 71.3 Å². The number of carbonyl (C=O) groups is 1. The highest BCUT2D eigenvalue weighted by Gasteiger charge is 2.38. The van der Waals surface area contributed by atoms with Crippen LogP contribution in [0.1, 0.15) is 56.2 Å². The van der Waals surface area contributed by atoms with Gasteiger partial charge in [-0.25, -0.2) is 0 Å². The molecule has 2 aromatic heterocycles. The molecule has 4 aromatic rings. The maximum atomic E-state index is 12.8. The van der Waals surface area contributed by atoms with E-state index in [0.29, 0.717) is 32.0 Å². The van der Waals surface area contributed by atoms with Gasteiger partial charge in [0.15, 0.2) is 8.32 Å². The molecule has 0 bridgehead atoms. The number of carbonyl (C=O) groups excluding carboxylic acids is 1. The van der Waals surface area contributed by atoms with Gasteiger partial charge in [0.1, 0.15) is 23.7 Å². The minimum absolute atomic E-state index is 0.0795. The number of hydrogen-bond acceptors (Lipinski definition) is 5. The van der Waals surface area contributed by atoms with Crippen molar-refractivity contribution in [2.75, 3.05) is 13.2 Å². The zero-order valence-corrected chi connectivity index (χ0v) is 26.8. The molecule has 220 valence electrons. The maximum absolute atomic E-state index is 12.8. The first-order chi connectivity index (χ1) is 19.9. The minimum atomic E-state index is -1.81. The van der Waals surface area contributed by atoms with Crippen LogP contribution < -0.4 is 10.1 Å². The lowest BCUT2D eigenvalue weighted by atomic mass is 9.85. The molecular formula is C34H42N4O3Si. The summed E-state index contributed by atoms with van der Waals surface area (Å²) in [6.07, 6.45) is 3.48. The average molecular weight is 583 g/mol. The molecule has 0 unspecified atom stereocenters. The normalized spacial score (nSPS) is 13.9. The molecule has 1 aliphatic heterocycles. The van der Waals surface area contributed by atoms with E-state index < -0.39 is 8.32 Å². The summed E-state index contributed by atoms with van der Waals surface area (Å²) < 4.78 is 14.5. The third-order valence-corrected chi connectivity index (χ3v) is 13.1. The summed E-state index contributed by atoms with van der Waals surface area (Å²) in [6, 6.07) is 20.4. The number of nitrogens with one attached hydrogen (secondary N) is 1. The molecule has 1 aliphatic rings. The Morgan fingerprint density at radius 3 is 2.21 bits per heavy atom. The fraction of sp³-hybridized carbons (Fsp3) is 0.382. The SMILES string of the molecule is CC(C)(CO[Si](C)(C)C(C)(C)C)c1ccc(COc2ccc(-c3c(-c4ccncc4)nn4c3C(=O)NCC4)cc2)cc1. The molecule has 1 N–H and O–H groups in total. The quantitative estimate of drug-likeness (QED) is 0.211. The van der Waals surface area contributed by atoms with Crippen LogP contribution in [0, 0.1) is 0 Å². The monoisotopic (exact) mass is 582 g/mol. The zero-order chi connectivity index (χ0) is 30.1. The molecule has 0 radical (unpaired) electrons. The first kappa shape index (κ1) is 29.7. The number of benzene rings is 2. The van der Waals surface area contributed by atoms with Gasteiger partial charge in [0.05, 0.1) is 6.54 Å². The fourth-order valence-electron chi connectivity index (χ4n) is 4.80. The Bertz CT molecular complexity index is 1540. The Morgan fingerprint density at radius 1 is 0.905 bits per heavy atom. The van der Waals surface area contributed by atoms with Gasteiger partial charge in [-0.05, 0) is 59.1 Å². The predicted molar refractivity (Wildman–Crippen MR) is 170 cm³/mol. The third kappa shape index (κ3) is 6.20. The lowest BCUT2D eigenvalue weighted by molar-refractivity contribution is 0.0925. The second-order valence-electron chi connectivity index (χ2n) is 13.2. The third-order valence-electron chi connectivity index (χ3n) is 8.61. The van der Waals surface area contributed by atoms with E-state index in [1.54, 1.807) is 17.1 Å². The fourth-order valence-corrected chi connectivity index (χ4v) is 5.95. The summed E-state index contributed by atoms with van der Waals surface area (Å²) in [4.78, 5) is 17.0. The topological polar surface area (TPSA) is 78.3 Å². The molecule has 7 nitrogen and oxygen atoms in total. The lowest BCUT2D eigenvalue weighted by Gasteiger charge is -2.39. The minimum Gasteiger partial charge on any atom is -0.489 e. The second kappa shape index (κ2) is 11.5. The summed E-state index contributed by atoms with van der Waals surface area (Å²) in [5.41, 5.74) is 6.30. The van der Waals surface area contributed by atoms with Gasteiger partial charge in [-0.15, -0.1) is 0 Å². The summed E-state index contributed by atoms with van der Waals surface area (Å²) in [5, 5.41) is 7.94. The molecule has 0 fully saturated rings. The number of ether oxygens (including phenoxy) is 1. The Kier molecular flexibility index (Phi) is 8.14. The van der Waals surface area contributed by atoms with Gasteiger partial charge < -0.3 is 14.5 Å². The van der Waals surface area contributed by atoms with Crippen molar-refractivity contribution in [3.8, 4) is 28.1 Å². The molecule has 3 heterocycles. The van der Waals surface area contributed by atoms with Gasteiger partial charge in [-0.3, -0.25) is 14.5 Å². The van der Waals surface area contributed by atoms with Gasteiger partial charge >= 0.3 is 0 Å². The van der Waals surface area contributed by atoms with Crippen molar-refractivity contribution < 1.29 is 14.0 Å². The Hall–Kier alpha value is -3.75. The van der Waals surface area contributed by atoms with E-state index in [1.165, 1.54) is 5.56 Å². The van der Waals surface area contributed by atoms with Gasteiger partial charge in [-0.2, -0.15) is 5.10 Å². The van der Waals surface area contributed by atoms with Crippen molar-refractivity contribution in [1.82, 2.24) is 20.1 Å². The van der Waals surface area contributed by atoms with Crippen LogP contribution in [-0.2, 0) is 23.0 Å². The zero-order valence-electron chi connectivity index (χ0n) is 25.8. The number of hydrogen-bond donors (Lipinski definition) is 1. The number of nitrogens with zero attached hydrogens (tertiary/aromatic N) is 3. The van der Waals surface area contributed by atoms with Crippen LogP contribution in [-0.4, -0.2) is 42.1 Å². The standard InChI is InChI=1S/C34H42N4O3Si/c1-33(2,3)42(6,7)41-23-34(4,5)27-12-8-24(9-13-27)22-40-28-14-10-25(11-15-28)29-30(26-16-18-35-19-17-26)37-38-21-20-36-32(39)31(29)38/h8-19H,20-23H2,1-7H3,(H,36,39). The number of aromatic nitrogens is 3. The molecule has 5 rings (SSSR count). The van der Waals surface area contributed by atoms with E-state index in [-0.39, 0.29) is 16.4 Å². The van der Waals surface area contributed by atoms with E-state index in [2.05, 4.69) is 82.3 Å².